The average molecular weight is 360 g/mol. The topological polar surface area (TPSA) is 80.9 Å². The van der Waals surface area contributed by atoms with E-state index in [1.807, 2.05) is 45.0 Å². The maximum atomic E-state index is 12.0. The number of nitrogens with zero attached hydrogens (tertiary/aromatic N) is 3. The molecule has 0 spiro atoms. The number of carbonyl (C=O) groups excluding carboxylic acids is 1. The van der Waals surface area contributed by atoms with E-state index in [0.29, 0.717) is 11.1 Å². The van der Waals surface area contributed by atoms with E-state index in [1.165, 1.54) is 23.1 Å². The second kappa shape index (κ2) is 7.14. The van der Waals surface area contributed by atoms with Gasteiger partial charge in [0.2, 0.25) is 5.91 Å². The second-order valence-electron chi connectivity index (χ2n) is 5.23. The van der Waals surface area contributed by atoms with Crippen molar-refractivity contribution in [3.05, 3.63) is 40.5 Å². The van der Waals surface area contributed by atoms with Crippen molar-refractivity contribution < 1.29 is 9.21 Å². The highest BCUT2D eigenvalue weighted by molar-refractivity contribution is 7.99. The van der Waals surface area contributed by atoms with Crippen LogP contribution in [-0.2, 0) is 4.79 Å². The van der Waals surface area contributed by atoms with Crippen LogP contribution in [0.4, 0.5) is 5.69 Å². The molecule has 3 aromatic rings. The van der Waals surface area contributed by atoms with Crippen LogP contribution in [0.15, 0.2) is 33.9 Å². The molecule has 0 atom stereocenters. The summed E-state index contributed by atoms with van der Waals surface area (Å²) in [6.45, 7) is 5.82. The summed E-state index contributed by atoms with van der Waals surface area (Å²) in [7, 11) is 0. The van der Waals surface area contributed by atoms with Crippen molar-refractivity contribution in [1.29, 1.82) is 0 Å². The van der Waals surface area contributed by atoms with E-state index in [9.17, 15) is 4.79 Å². The smallest absolute Gasteiger partial charge is 0.277 e. The number of rotatable bonds is 5. The SMILES string of the molecule is Cc1cccc(NC(=O)CSc2nnc(-c3sc(C)nc3C)o2)c1. The highest BCUT2D eigenvalue weighted by Gasteiger charge is 2.16. The monoisotopic (exact) mass is 360 g/mol. The number of thiazole rings is 1. The zero-order valence-electron chi connectivity index (χ0n) is 13.5. The van der Waals surface area contributed by atoms with Gasteiger partial charge in [0.05, 0.1) is 16.5 Å². The first-order chi connectivity index (χ1) is 11.5. The van der Waals surface area contributed by atoms with E-state index >= 15 is 0 Å². The Kier molecular flexibility index (Phi) is 4.96. The number of nitrogens with one attached hydrogen (secondary N) is 1. The van der Waals surface area contributed by atoms with Gasteiger partial charge in [0.25, 0.3) is 11.1 Å². The van der Waals surface area contributed by atoms with Crippen LogP contribution >= 0.6 is 23.1 Å². The lowest BCUT2D eigenvalue weighted by Gasteiger charge is -2.04. The molecule has 0 aliphatic heterocycles. The molecule has 8 heteroatoms. The van der Waals surface area contributed by atoms with Crippen molar-refractivity contribution in [3.63, 3.8) is 0 Å². The van der Waals surface area contributed by atoms with Crippen molar-refractivity contribution in [1.82, 2.24) is 15.2 Å². The molecule has 2 aromatic heterocycles. The number of carbonyl (C=O) groups is 1. The van der Waals surface area contributed by atoms with Gasteiger partial charge in [-0.05, 0) is 38.5 Å². The second-order valence-corrected chi connectivity index (χ2v) is 7.36. The van der Waals surface area contributed by atoms with Gasteiger partial charge in [-0.1, -0.05) is 23.9 Å². The van der Waals surface area contributed by atoms with E-state index in [2.05, 4.69) is 20.5 Å². The maximum absolute atomic E-state index is 12.0. The number of thioether (sulfide) groups is 1. The highest BCUT2D eigenvalue weighted by Crippen LogP contribution is 2.30. The van der Waals surface area contributed by atoms with Crippen LogP contribution < -0.4 is 5.32 Å². The summed E-state index contributed by atoms with van der Waals surface area (Å²) in [5.41, 5.74) is 2.75. The van der Waals surface area contributed by atoms with Crippen molar-refractivity contribution in [2.24, 2.45) is 0 Å². The fraction of sp³-hybridized carbons (Fsp3) is 0.250. The molecule has 1 amide bonds. The Balaban J connectivity index is 1.59. The predicted molar refractivity (Wildman–Crippen MR) is 95.4 cm³/mol. The Labute approximate surface area is 147 Å². The summed E-state index contributed by atoms with van der Waals surface area (Å²) in [6, 6.07) is 7.66. The predicted octanol–water partition coefficient (Wildman–Crippen LogP) is 3.85. The van der Waals surface area contributed by atoms with Gasteiger partial charge in [-0.3, -0.25) is 4.79 Å². The largest absolute Gasteiger partial charge is 0.410 e. The highest BCUT2D eigenvalue weighted by atomic mass is 32.2. The summed E-state index contributed by atoms with van der Waals surface area (Å²) in [6.07, 6.45) is 0. The number of anilines is 1. The Morgan fingerprint density at radius 3 is 2.83 bits per heavy atom. The molecule has 0 bridgehead atoms. The fourth-order valence-corrected chi connectivity index (χ4v) is 3.54. The van der Waals surface area contributed by atoms with E-state index < -0.39 is 0 Å². The number of hydrogen-bond donors (Lipinski definition) is 1. The van der Waals surface area contributed by atoms with Gasteiger partial charge in [-0.25, -0.2) is 4.98 Å². The molecule has 0 aliphatic carbocycles. The van der Waals surface area contributed by atoms with Crippen LogP contribution in [0.5, 0.6) is 0 Å². The van der Waals surface area contributed by atoms with E-state index in [4.69, 9.17) is 4.42 Å². The normalized spacial score (nSPS) is 10.8. The van der Waals surface area contributed by atoms with E-state index in [1.54, 1.807) is 0 Å². The van der Waals surface area contributed by atoms with Crippen LogP contribution in [0.2, 0.25) is 0 Å². The van der Waals surface area contributed by atoms with Crippen LogP contribution in [0.25, 0.3) is 10.8 Å². The first-order valence-corrected chi connectivity index (χ1v) is 9.08. The summed E-state index contributed by atoms with van der Waals surface area (Å²) >= 11 is 2.72. The molecule has 1 N–H and O–H groups in total. The van der Waals surface area contributed by atoms with Gasteiger partial charge < -0.3 is 9.73 Å². The van der Waals surface area contributed by atoms with Gasteiger partial charge in [-0.2, -0.15) is 0 Å². The molecule has 3 rings (SSSR count). The van der Waals surface area contributed by atoms with Gasteiger partial charge in [0, 0.05) is 5.69 Å². The van der Waals surface area contributed by atoms with Crippen LogP contribution in [0, 0.1) is 20.8 Å². The molecule has 0 fully saturated rings. The Hall–Kier alpha value is -2.19. The molecule has 0 radical (unpaired) electrons. The Morgan fingerprint density at radius 2 is 2.12 bits per heavy atom. The molecule has 1 aromatic carbocycles. The van der Waals surface area contributed by atoms with Crippen molar-refractivity contribution >= 4 is 34.7 Å². The Morgan fingerprint density at radius 1 is 1.29 bits per heavy atom. The molecule has 124 valence electrons. The lowest BCUT2D eigenvalue weighted by atomic mass is 10.2. The summed E-state index contributed by atoms with van der Waals surface area (Å²) in [5.74, 6) is 0.533. The third-order valence-corrected chi connectivity index (χ3v) is 5.01. The lowest BCUT2D eigenvalue weighted by Crippen LogP contribution is -2.13. The fourth-order valence-electron chi connectivity index (χ4n) is 2.14. The summed E-state index contributed by atoms with van der Waals surface area (Å²) < 4.78 is 5.61. The number of benzene rings is 1. The standard InChI is InChI=1S/C16H16N4O2S2/c1-9-5-4-6-12(7-9)18-13(21)8-23-16-20-19-15(22-16)14-10(2)17-11(3)24-14/h4-7H,8H2,1-3H3,(H,18,21). The zero-order chi connectivity index (χ0) is 17.1. The molecule has 24 heavy (non-hydrogen) atoms. The third-order valence-electron chi connectivity index (χ3n) is 3.13. The minimum atomic E-state index is -0.116. The third kappa shape index (κ3) is 4.01. The number of amides is 1. The van der Waals surface area contributed by atoms with Crippen LogP contribution in [-0.4, -0.2) is 26.8 Å². The quantitative estimate of drug-likeness (QED) is 0.696. The first kappa shape index (κ1) is 16.7. The summed E-state index contributed by atoms with van der Waals surface area (Å²) in [5, 5.41) is 12.2. The molecule has 6 nitrogen and oxygen atoms in total. The lowest BCUT2D eigenvalue weighted by molar-refractivity contribution is -0.113. The first-order valence-electron chi connectivity index (χ1n) is 7.28. The molecular formula is C16H16N4O2S2. The Bertz CT molecular complexity index is 873. The molecule has 0 saturated carbocycles. The van der Waals surface area contributed by atoms with Crippen LogP contribution in [0.1, 0.15) is 16.3 Å². The molecule has 0 saturated heterocycles. The van der Waals surface area contributed by atoms with Gasteiger partial charge in [0.1, 0.15) is 4.88 Å². The van der Waals surface area contributed by atoms with E-state index in [-0.39, 0.29) is 11.7 Å². The van der Waals surface area contributed by atoms with Crippen molar-refractivity contribution in [2.45, 2.75) is 26.0 Å². The average Bonchev–Trinajstić information content (AvgIpc) is 3.11. The number of aryl methyl sites for hydroxylation is 3. The van der Waals surface area contributed by atoms with Gasteiger partial charge in [0.15, 0.2) is 0 Å². The molecule has 0 unspecified atom stereocenters. The van der Waals surface area contributed by atoms with Crippen LogP contribution in [0.3, 0.4) is 0 Å². The molecule has 2 heterocycles. The van der Waals surface area contributed by atoms with E-state index in [0.717, 1.165) is 26.8 Å². The van der Waals surface area contributed by atoms with Crippen molar-refractivity contribution in [3.8, 4) is 10.8 Å². The minimum absolute atomic E-state index is 0.116. The maximum Gasteiger partial charge on any atom is 0.277 e. The summed E-state index contributed by atoms with van der Waals surface area (Å²) in [4.78, 5) is 17.2. The van der Waals surface area contributed by atoms with Gasteiger partial charge in [-0.15, -0.1) is 21.5 Å². The molecular weight excluding hydrogens is 344 g/mol. The van der Waals surface area contributed by atoms with Crippen molar-refractivity contribution in [2.75, 3.05) is 11.1 Å². The van der Waals surface area contributed by atoms with Gasteiger partial charge >= 0.3 is 0 Å². The minimum Gasteiger partial charge on any atom is -0.410 e. The number of aromatic nitrogens is 3. The number of hydrogen-bond acceptors (Lipinski definition) is 7. The molecule has 0 aliphatic rings. The zero-order valence-corrected chi connectivity index (χ0v) is 15.1.